The number of carbonyl (C=O) groups excluding carboxylic acids is 3. The van der Waals surface area contributed by atoms with Crippen LogP contribution in [0.4, 0.5) is 4.79 Å². The molecular formula is C25H19Cl2N5O4. The number of hydrogen-bond donors (Lipinski definition) is 2. The molecule has 9 nitrogen and oxygen atoms in total. The van der Waals surface area contributed by atoms with E-state index in [-0.39, 0.29) is 46.6 Å². The van der Waals surface area contributed by atoms with Crippen molar-refractivity contribution in [2.24, 2.45) is 5.73 Å². The predicted octanol–water partition coefficient (Wildman–Crippen LogP) is 4.33. The van der Waals surface area contributed by atoms with Crippen LogP contribution in [-0.2, 0) is 17.9 Å². The first-order valence-electron chi connectivity index (χ1n) is 10.6. The Bertz CT molecular complexity index is 1440. The van der Waals surface area contributed by atoms with Gasteiger partial charge in [0, 0.05) is 16.1 Å². The van der Waals surface area contributed by atoms with Gasteiger partial charge in [0.25, 0.3) is 5.91 Å². The normalized spacial score (nSPS) is 10.6. The van der Waals surface area contributed by atoms with Crippen LogP contribution in [0.15, 0.2) is 72.8 Å². The van der Waals surface area contributed by atoms with Gasteiger partial charge in [0.15, 0.2) is 11.6 Å². The van der Waals surface area contributed by atoms with Crippen molar-refractivity contribution >= 4 is 41.0 Å². The van der Waals surface area contributed by atoms with Crippen LogP contribution in [0.3, 0.4) is 0 Å². The van der Waals surface area contributed by atoms with Crippen LogP contribution in [0.1, 0.15) is 37.9 Å². The molecule has 0 saturated carbocycles. The summed E-state index contributed by atoms with van der Waals surface area (Å²) in [5.41, 5.74) is 6.87. The summed E-state index contributed by atoms with van der Waals surface area (Å²) in [6.45, 7) is -0.101. The van der Waals surface area contributed by atoms with E-state index in [1.807, 2.05) is 30.3 Å². The summed E-state index contributed by atoms with van der Waals surface area (Å²) in [6.07, 6.45) is -0.711. The second-order valence-electron chi connectivity index (χ2n) is 7.51. The first kappa shape index (κ1) is 24.9. The zero-order valence-corrected chi connectivity index (χ0v) is 20.2. The molecule has 2 amide bonds. The molecule has 0 fully saturated rings. The fourth-order valence-corrected chi connectivity index (χ4v) is 3.74. The minimum atomic E-state index is -0.880. The van der Waals surface area contributed by atoms with Crippen molar-refractivity contribution in [3.63, 3.8) is 0 Å². The maximum Gasteiger partial charge on any atom is 0.407 e. The average Bonchev–Trinajstić information content (AvgIpc) is 3.31. The minimum absolute atomic E-state index is 0.0690. The molecule has 0 bridgehead atoms. The molecule has 182 valence electrons. The summed E-state index contributed by atoms with van der Waals surface area (Å²) in [5.74, 6) is -1.46. The predicted molar refractivity (Wildman–Crippen MR) is 133 cm³/mol. The third-order valence-corrected chi connectivity index (χ3v) is 5.61. The Balaban J connectivity index is 1.63. The standard InChI is InChI=1S/C25H19Cl2N5O4/c26-16-10-11-20(18(12-16)22(33)17-8-4-5-9-19(17)27)32-21(30-24(31-32)23(28)34)13-29-25(35)36-14-15-6-2-1-3-7-15/h1-12H,13-14H2,(H2,28,34)(H,29,35). The summed E-state index contributed by atoms with van der Waals surface area (Å²) < 4.78 is 6.46. The van der Waals surface area contributed by atoms with E-state index in [0.717, 1.165) is 5.56 Å². The molecule has 1 heterocycles. The molecule has 4 rings (SSSR count). The van der Waals surface area contributed by atoms with Gasteiger partial charge in [-0.15, -0.1) is 5.10 Å². The molecule has 36 heavy (non-hydrogen) atoms. The molecule has 11 heteroatoms. The maximum atomic E-state index is 13.4. The molecule has 3 aromatic carbocycles. The Morgan fingerprint density at radius 3 is 2.39 bits per heavy atom. The van der Waals surface area contributed by atoms with Crippen LogP contribution in [0, 0.1) is 0 Å². The Hall–Kier alpha value is -4.21. The number of nitrogens with zero attached hydrogens (tertiary/aromatic N) is 3. The molecule has 0 spiro atoms. The Labute approximate surface area is 215 Å². The first-order chi connectivity index (χ1) is 17.3. The van der Waals surface area contributed by atoms with Crippen molar-refractivity contribution in [3.8, 4) is 5.69 Å². The number of benzene rings is 3. The summed E-state index contributed by atoms with van der Waals surface area (Å²) in [5, 5.41) is 7.27. The molecule has 0 atom stereocenters. The maximum absolute atomic E-state index is 13.4. The van der Waals surface area contributed by atoms with Crippen molar-refractivity contribution in [2.75, 3.05) is 0 Å². The van der Waals surface area contributed by atoms with Crippen molar-refractivity contribution < 1.29 is 19.1 Å². The van der Waals surface area contributed by atoms with E-state index >= 15 is 0 Å². The smallest absolute Gasteiger partial charge is 0.407 e. The van der Waals surface area contributed by atoms with Crippen molar-refractivity contribution in [2.45, 2.75) is 13.2 Å². The van der Waals surface area contributed by atoms with Crippen LogP contribution >= 0.6 is 23.2 Å². The topological polar surface area (TPSA) is 129 Å². The SMILES string of the molecule is NC(=O)c1nc(CNC(=O)OCc2ccccc2)n(-c2ccc(Cl)cc2C(=O)c2ccccc2Cl)n1. The number of alkyl carbamates (subject to hydrolysis) is 1. The highest BCUT2D eigenvalue weighted by molar-refractivity contribution is 6.35. The lowest BCUT2D eigenvalue weighted by Gasteiger charge is -2.13. The number of ether oxygens (including phenoxy) is 1. The van der Waals surface area contributed by atoms with Gasteiger partial charge in [-0.3, -0.25) is 9.59 Å². The number of aromatic nitrogens is 3. The third kappa shape index (κ3) is 5.70. The number of halogens is 2. The van der Waals surface area contributed by atoms with E-state index in [2.05, 4.69) is 15.4 Å². The Morgan fingerprint density at radius 1 is 0.944 bits per heavy atom. The fraction of sp³-hybridized carbons (Fsp3) is 0.0800. The largest absolute Gasteiger partial charge is 0.445 e. The van der Waals surface area contributed by atoms with Crippen LogP contribution < -0.4 is 11.1 Å². The van der Waals surface area contributed by atoms with E-state index in [9.17, 15) is 14.4 Å². The first-order valence-corrected chi connectivity index (χ1v) is 11.4. The second kappa shape index (κ2) is 11.0. The summed E-state index contributed by atoms with van der Waals surface area (Å²) in [6, 6.07) is 20.3. The van der Waals surface area contributed by atoms with Crippen molar-refractivity contribution in [3.05, 3.63) is 111 Å². The molecule has 0 aliphatic rings. The van der Waals surface area contributed by atoms with Gasteiger partial charge in [0.05, 0.1) is 17.3 Å². The zero-order valence-electron chi connectivity index (χ0n) is 18.7. The number of carbonyl (C=O) groups is 3. The van der Waals surface area contributed by atoms with Crippen LogP contribution in [0.2, 0.25) is 10.0 Å². The van der Waals surface area contributed by atoms with Gasteiger partial charge in [-0.1, -0.05) is 65.7 Å². The average molecular weight is 524 g/mol. The second-order valence-corrected chi connectivity index (χ2v) is 8.36. The highest BCUT2D eigenvalue weighted by atomic mass is 35.5. The molecule has 0 aliphatic carbocycles. The number of ketones is 1. The minimum Gasteiger partial charge on any atom is -0.445 e. The highest BCUT2D eigenvalue weighted by Crippen LogP contribution is 2.26. The summed E-state index contributed by atoms with van der Waals surface area (Å²) in [4.78, 5) is 41.5. The molecular weight excluding hydrogens is 505 g/mol. The number of rotatable bonds is 8. The van der Waals surface area contributed by atoms with E-state index in [1.54, 1.807) is 36.4 Å². The van der Waals surface area contributed by atoms with Crippen molar-refractivity contribution in [1.82, 2.24) is 20.1 Å². The monoisotopic (exact) mass is 523 g/mol. The van der Waals surface area contributed by atoms with E-state index in [1.165, 1.54) is 10.7 Å². The zero-order chi connectivity index (χ0) is 25.7. The number of amides is 2. The fourth-order valence-electron chi connectivity index (χ4n) is 3.35. The lowest BCUT2D eigenvalue weighted by Crippen LogP contribution is -2.25. The molecule has 0 radical (unpaired) electrons. The molecule has 0 unspecified atom stereocenters. The molecule has 4 aromatic rings. The van der Waals surface area contributed by atoms with Gasteiger partial charge in [0.1, 0.15) is 6.61 Å². The van der Waals surface area contributed by atoms with Gasteiger partial charge in [0.2, 0.25) is 5.82 Å². The lowest BCUT2D eigenvalue weighted by molar-refractivity contribution is 0.0989. The van der Waals surface area contributed by atoms with Gasteiger partial charge in [-0.25, -0.2) is 14.5 Å². The van der Waals surface area contributed by atoms with Gasteiger partial charge >= 0.3 is 6.09 Å². The molecule has 1 aromatic heterocycles. The summed E-state index contributed by atoms with van der Waals surface area (Å²) in [7, 11) is 0. The molecule has 3 N–H and O–H groups in total. The van der Waals surface area contributed by atoms with Crippen LogP contribution in [-0.4, -0.2) is 32.5 Å². The van der Waals surface area contributed by atoms with Gasteiger partial charge < -0.3 is 15.8 Å². The molecule has 0 saturated heterocycles. The third-order valence-electron chi connectivity index (χ3n) is 5.05. The van der Waals surface area contributed by atoms with E-state index in [0.29, 0.717) is 5.02 Å². The quantitative estimate of drug-likeness (QED) is 0.330. The lowest BCUT2D eigenvalue weighted by atomic mass is 10.0. The number of nitrogens with two attached hydrogens (primary N) is 1. The van der Waals surface area contributed by atoms with Crippen LogP contribution in [0.25, 0.3) is 5.69 Å². The van der Waals surface area contributed by atoms with Crippen LogP contribution in [0.5, 0.6) is 0 Å². The van der Waals surface area contributed by atoms with Gasteiger partial charge in [-0.2, -0.15) is 0 Å². The summed E-state index contributed by atoms with van der Waals surface area (Å²) >= 11 is 12.4. The molecule has 0 aliphatic heterocycles. The van der Waals surface area contributed by atoms with Gasteiger partial charge in [-0.05, 0) is 35.9 Å². The highest BCUT2D eigenvalue weighted by Gasteiger charge is 2.23. The Morgan fingerprint density at radius 2 is 1.67 bits per heavy atom. The number of nitrogens with one attached hydrogen (secondary N) is 1. The van der Waals surface area contributed by atoms with E-state index in [4.69, 9.17) is 33.7 Å². The number of hydrogen-bond acceptors (Lipinski definition) is 6. The van der Waals surface area contributed by atoms with E-state index < -0.39 is 17.8 Å². The van der Waals surface area contributed by atoms with Crippen molar-refractivity contribution in [1.29, 1.82) is 0 Å². The Kier molecular flexibility index (Phi) is 7.62. The number of primary amides is 1.